The number of aromatic nitrogens is 2. The van der Waals surface area contributed by atoms with Gasteiger partial charge in [-0.05, 0) is 74.9 Å². The molecule has 4 nitrogen and oxygen atoms in total. The number of nitrogens with two attached hydrogens (primary N) is 1. The third-order valence-electron chi connectivity index (χ3n) is 6.40. The van der Waals surface area contributed by atoms with Crippen LogP contribution in [0.1, 0.15) is 49.8 Å². The smallest absolute Gasteiger partial charge is 0.193 e. The number of hydrogen-bond donors (Lipinski definition) is 2. The summed E-state index contributed by atoms with van der Waals surface area (Å²) in [6.07, 6.45) is 9.52. The molecular weight excluding hydrogens is 280 g/mol. The Hall–Kier alpha value is -1.10. The zero-order valence-electron chi connectivity index (χ0n) is 12.3. The molecule has 5 heteroatoms. The molecule has 3 N–H and O–H groups in total. The number of hydrogen-bond acceptors (Lipinski definition) is 3. The quantitative estimate of drug-likeness (QED) is 0.782. The van der Waals surface area contributed by atoms with Crippen molar-refractivity contribution in [2.75, 3.05) is 11.9 Å². The van der Waals surface area contributed by atoms with Gasteiger partial charge in [-0.1, -0.05) is 0 Å². The average Bonchev–Trinajstić information content (AvgIpc) is 2.96. The first-order valence-corrected chi connectivity index (χ1v) is 8.71. The summed E-state index contributed by atoms with van der Waals surface area (Å²) in [5, 5.41) is 8.72. The minimum atomic E-state index is 0.334. The molecule has 2 heterocycles. The Labute approximate surface area is 130 Å². The molecule has 0 unspecified atom stereocenters. The molecule has 0 spiro atoms. The van der Waals surface area contributed by atoms with E-state index in [1.807, 2.05) is 0 Å². The van der Waals surface area contributed by atoms with Gasteiger partial charge in [0.25, 0.3) is 0 Å². The summed E-state index contributed by atoms with van der Waals surface area (Å²) in [7, 11) is 0. The highest BCUT2D eigenvalue weighted by atomic mass is 32.1. The van der Waals surface area contributed by atoms with Crippen molar-refractivity contribution >= 4 is 23.1 Å². The predicted molar refractivity (Wildman–Crippen MR) is 86.5 cm³/mol. The highest BCUT2D eigenvalue weighted by Crippen LogP contribution is 2.61. The molecule has 0 radical (unpaired) electrons. The Kier molecular flexibility index (Phi) is 2.37. The minimum Gasteiger partial charge on any atom is -0.374 e. The number of nitrogens with zero attached hydrogens (tertiary/aromatic N) is 2. The van der Waals surface area contributed by atoms with Crippen LogP contribution in [-0.4, -0.2) is 21.4 Å². The van der Waals surface area contributed by atoms with Crippen molar-refractivity contribution in [1.82, 2.24) is 9.78 Å². The molecule has 1 aromatic rings. The molecule has 4 aliphatic carbocycles. The topological polar surface area (TPSA) is 55.9 Å². The van der Waals surface area contributed by atoms with E-state index < -0.39 is 0 Å². The van der Waals surface area contributed by atoms with Crippen LogP contribution in [0.2, 0.25) is 0 Å². The van der Waals surface area contributed by atoms with Crippen molar-refractivity contribution in [2.45, 2.75) is 50.4 Å². The van der Waals surface area contributed by atoms with Gasteiger partial charge in [-0.3, -0.25) is 0 Å². The minimum absolute atomic E-state index is 0.334. The van der Waals surface area contributed by atoms with Crippen LogP contribution in [0.3, 0.4) is 0 Å². The lowest BCUT2D eigenvalue weighted by Crippen LogP contribution is -2.49. The van der Waals surface area contributed by atoms with Crippen molar-refractivity contribution in [3.63, 3.8) is 0 Å². The SMILES string of the molecule is NC(=S)n1nc(C23CC4CC(CC(C4)C2)C3)c2c1NCC2. The first-order chi connectivity index (χ1) is 10.1. The van der Waals surface area contributed by atoms with Crippen molar-refractivity contribution in [3.05, 3.63) is 11.3 Å². The first kappa shape index (κ1) is 12.4. The van der Waals surface area contributed by atoms with E-state index in [2.05, 4.69) is 5.32 Å². The number of fused-ring (bicyclic) bond motifs is 1. The van der Waals surface area contributed by atoms with Crippen molar-refractivity contribution in [1.29, 1.82) is 0 Å². The Morgan fingerprint density at radius 1 is 1.19 bits per heavy atom. The van der Waals surface area contributed by atoms with Crippen molar-refractivity contribution in [2.24, 2.45) is 23.5 Å². The zero-order valence-corrected chi connectivity index (χ0v) is 13.1. The highest BCUT2D eigenvalue weighted by molar-refractivity contribution is 7.80. The lowest BCUT2D eigenvalue weighted by atomic mass is 9.48. The van der Waals surface area contributed by atoms with Gasteiger partial charge in [0.15, 0.2) is 5.11 Å². The van der Waals surface area contributed by atoms with Crippen LogP contribution in [0, 0.1) is 17.8 Å². The maximum absolute atomic E-state index is 5.88. The Morgan fingerprint density at radius 2 is 1.81 bits per heavy atom. The molecule has 0 atom stereocenters. The van der Waals surface area contributed by atoms with Crippen LogP contribution >= 0.6 is 12.2 Å². The second-order valence-electron chi connectivity index (χ2n) is 7.80. The molecule has 21 heavy (non-hydrogen) atoms. The molecule has 0 amide bonds. The molecule has 1 aromatic heterocycles. The lowest BCUT2D eigenvalue weighted by molar-refractivity contribution is -0.00766. The molecule has 4 saturated carbocycles. The standard InChI is InChI=1S/C16H22N4S/c17-15(21)20-14-12(1-2-18-14)13(19-20)16-6-9-3-10(7-16)5-11(4-9)8-16/h9-11,18H,1-8H2,(H2,17,21). The monoisotopic (exact) mass is 302 g/mol. The van der Waals surface area contributed by atoms with Crippen LogP contribution in [-0.2, 0) is 11.8 Å². The summed E-state index contributed by atoms with van der Waals surface area (Å²) >= 11 is 5.20. The predicted octanol–water partition coefficient (Wildman–Crippen LogP) is 2.41. The molecule has 112 valence electrons. The normalized spacial score (nSPS) is 39.3. The van der Waals surface area contributed by atoms with E-state index in [4.69, 9.17) is 23.1 Å². The summed E-state index contributed by atoms with van der Waals surface area (Å²) in [5.74, 6) is 3.90. The van der Waals surface area contributed by atoms with Crippen LogP contribution < -0.4 is 11.1 Å². The summed E-state index contributed by atoms with van der Waals surface area (Å²) in [5.41, 5.74) is 8.97. The van der Waals surface area contributed by atoms with Crippen LogP contribution in [0.4, 0.5) is 5.82 Å². The third kappa shape index (κ3) is 1.61. The molecule has 5 aliphatic rings. The second-order valence-corrected chi connectivity index (χ2v) is 8.22. The fourth-order valence-corrected chi connectivity index (χ4v) is 6.29. The van der Waals surface area contributed by atoms with Gasteiger partial charge in [-0.25, -0.2) is 0 Å². The van der Waals surface area contributed by atoms with Crippen LogP contribution in [0.5, 0.6) is 0 Å². The van der Waals surface area contributed by atoms with Crippen LogP contribution in [0.25, 0.3) is 0 Å². The van der Waals surface area contributed by atoms with E-state index in [-0.39, 0.29) is 0 Å². The Morgan fingerprint density at radius 3 is 2.38 bits per heavy atom. The fraction of sp³-hybridized carbons (Fsp3) is 0.750. The largest absolute Gasteiger partial charge is 0.374 e. The Bertz CT molecular complexity index is 597. The highest BCUT2D eigenvalue weighted by Gasteiger charge is 2.54. The molecule has 0 aromatic carbocycles. The molecule has 4 fully saturated rings. The molecule has 1 aliphatic heterocycles. The number of anilines is 1. The second kappa shape index (κ2) is 4.00. The number of thiocarbonyl (C=S) groups is 1. The molecule has 4 bridgehead atoms. The van der Waals surface area contributed by atoms with Gasteiger partial charge in [0.2, 0.25) is 0 Å². The number of rotatable bonds is 1. The van der Waals surface area contributed by atoms with Gasteiger partial charge in [0.05, 0.1) is 5.69 Å². The van der Waals surface area contributed by atoms with Gasteiger partial charge in [0, 0.05) is 17.5 Å². The van der Waals surface area contributed by atoms with E-state index >= 15 is 0 Å². The third-order valence-corrected chi connectivity index (χ3v) is 6.57. The maximum atomic E-state index is 5.88. The van der Waals surface area contributed by atoms with Gasteiger partial charge in [-0.15, -0.1) is 0 Å². The summed E-state index contributed by atoms with van der Waals surface area (Å²) in [6, 6.07) is 0. The summed E-state index contributed by atoms with van der Waals surface area (Å²) in [6.45, 7) is 0.995. The summed E-state index contributed by atoms with van der Waals surface area (Å²) in [4.78, 5) is 0. The molecule has 6 rings (SSSR count). The lowest BCUT2D eigenvalue weighted by Gasteiger charge is -2.56. The maximum Gasteiger partial charge on any atom is 0.193 e. The van der Waals surface area contributed by atoms with E-state index in [0.717, 1.165) is 36.5 Å². The van der Waals surface area contributed by atoms with Gasteiger partial charge in [0.1, 0.15) is 5.82 Å². The molecule has 0 saturated heterocycles. The fourth-order valence-electron chi connectivity index (χ4n) is 6.16. The van der Waals surface area contributed by atoms with E-state index in [0.29, 0.717) is 10.5 Å². The van der Waals surface area contributed by atoms with Gasteiger partial charge >= 0.3 is 0 Å². The molecular formula is C16H22N4S. The van der Waals surface area contributed by atoms with Gasteiger partial charge < -0.3 is 11.1 Å². The van der Waals surface area contributed by atoms with E-state index in [1.165, 1.54) is 49.8 Å². The zero-order chi connectivity index (χ0) is 14.2. The van der Waals surface area contributed by atoms with Gasteiger partial charge in [-0.2, -0.15) is 9.78 Å². The average molecular weight is 302 g/mol. The summed E-state index contributed by atoms with van der Waals surface area (Å²) < 4.78 is 1.78. The van der Waals surface area contributed by atoms with Crippen molar-refractivity contribution in [3.8, 4) is 0 Å². The van der Waals surface area contributed by atoms with Crippen molar-refractivity contribution < 1.29 is 0 Å². The van der Waals surface area contributed by atoms with E-state index in [1.54, 1.807) is 4.68 Å². The van der Waals surface area contributed by atoms with E-state index in [9.17, 15) is 0 Å². The van der Waals surface area contributed by atoms with Crippen LogP contribution in [0.15, 0.2) is 0 Å². The number of nitrogens with one attached hydrogen (secondary N) is 1. The Balaban J connectivity index is 1.65. The first-order valence-electron chi connectivity index (χ1n) is 8.31.